The predicted octanol–water partition coefficient (Wildman–Crippen LogP) is 2.31. The van der Waals surface area contributed by atoms with Crippen LogP contribution in [0.5, 0.6) is 0 Å². The number of carbonyl (C=O) groups excluding carboxylic acids is 2. The van der Waals surface area contributed by atoms with Crippen LogP contribution in [0.25, 0.3) is 10.9 Å². The second-order valence-electron chi connectivity index (χ2n) is 7.21. The highest BCUT2D eigenvalue weighted by Gasteiger charge is 2.24. The quantitative estimate of drug-likeness (QED) is 0.729. The minimum absolute atomic E-state index is 0.00811. The summed E-state index contributed by atoms with van der Waals surface area (Å²) in [6.07, 6.45) is 1.73. The highest BCUT2D eigenvalue weighted by atomic mass is 16.2. The summed E-state index contributed by atoms with van der Waals surface area (Å²) in [5.74, 6) is 0.0329. The van der Waals surface area contributed by atoms with Crippen LogP contribution >= 0.6 is 0 Å². The van der Waals surface area contributed by atoms with Crippen molar-refractivity contribution in [2.24, 2.45) is 0 Å². The van der Waals surface area contributed by atoms with Crippen molar-refractivity contribution >= 4 is 22.7 Å². The number of hydrogen-bond acceptors (Lipinski definition) is 4. The summed E-state index contributed by atoms with van der Waals surface area (Å²) < 4.78 is 0. The number of amides is 2. The lowest BCUT2D eigenvalue weighted by Crippen LogP contribution is -2.51. The minimum Gasteiger partial charge on any atom is -0.351 e. The molecule has 1 aliphatic heterocycles. The summed E-state index contributed by atoms with van der Waals surface area (Å²) >= 11 is 0. The van der Waals surface area contributed by atoms with Crippen molar-refractivity contribution in [3.63, 3.8) is 0 Å². The maximum Gasteiger partial charge on any atom is 0.254 e. The fraction of sp³-hybridized carbons (Fsp3) is 0.261. The van der Waals surface area contributed by atoms with E-state index < -0.39 is 0 Å². The standard InChI is InChI=1S/C23H24N4O2/c28-22(25-16-18-6-2-1-3-7-18)17-26-12-14-27(15-13-26)23(29)20-8-4-10-21-19(20)9-5-11-24-21/h1-11H,12-17H2,(H,25,28). The molecule has 1 N–H and O–H groups in total. The van der Waals surface area contributed by atoms with Crippen LogP contribution in [0, 0.1) is 0 Å². The number of hydrogen-bond donors (Lipinski definition) is 1. The molecule has 2 aromatic carbocycles. The summed E-state index contributed by atoms with van der Waals surface area (Å²) in [4.78, 5) is 33.5. The average Bonchev–Trinajstić information content (AvgIpc) is 2.78. The van der Waals surface area contributed by atoms with Crippen molar-refractivity contribution in [1.29, 1.82) is 0 Å². The Kier molecular flexibility index (Phi) is 5.81. The van der Waals surface area contributed by atoms with Crippen molar-refractivity contribution in [3.05, 3.63) is 78.0 Å². The number of pyridine rings is 1. The van der Waals surface area contributed by atoms with E-state index in [1.54, 1.807) is 6.20 Å². The Morgan fingerprint density at radius 1 is 0.897 bits per heavy atom. The van der Waals surface area contributed by atoms with Crippen LogP contribution in [-0.4, -0.2) is 59.3 Å². The van der Waals surface area contributed by atoms with E-state index in [2.05, 4.69) is 15.2 Å². The van der Waals surface area contributed by atoms with E-state index in [0.29, 0.717) is 44.8 Å². The van der Waals surface area contributed by atoms with Gasteiger partial charge >= 0.3 is 0 Å². The predicted molar refractivity (Wildman–Crippen MR) is 112 cm³/mol. The van der Waals surface area contributed by atoms with E-state index in [-0.39, 0.29) is 11.8 Å². The fourth-order valence-corrected chi connectivity index (χ4v) is 3.62. The second-order valence-corrected chi connectivity index (χ2v) is 7.21. The van der Waals surface area contributed by atoms with Gasteiger partial charge in [0.05, 0.1) is 12.1 Å². The van der Waals surface area contributed by atoms with E-state index in [1.165, 1.54) is 0 Å². The van der Waals surface area contributed by atoms with Gasteiger partial charge in [-0.2, -0.15) is 0 Å². The third-order valence-electron chi connectivity index (χ3n) is 5.24. The molecule has 29 heavy (non-hydrogen) atoms. The van der Waals surface area contributed by atoms with Gasteiger partial charge in [0.25, 0.3) is 5.91 Å². The normalized spacial score (nSPS) is 14.7. The molecule has 3 aromatic rings. The van der Waals surface area contributed by atoms with Crippen LogP contribution in [-0.2, 0) is 11.3 Å². The zero-order valence-electron chi connectivity index (χ0n) is 16.3. The van der Waals surface area contributed by atoms with Gasteiger partial charge in [0.1, 0.15) is 0 Å². The molecule has 0 bridgehead atoms. The summed E-state index contributed by atoms with van der Waals surface area (Å²) in [6.45, 7) is 3.49. The second kappa shape index (κ2) is 8.84. The van der Waals surface area contributed by atoms with Gasteiger partial charge in [-0.15, -0.1) is 0 Å². The van der Waals surface area contributed by atoms with Gasteiger partial charge in [-0.3, -0.25) is 19.5 Å². The van der Waals surface area contributed by atoms with Crippen LogP contribution in [0.1, 0.15) is 15.9 Å². The van der Waals surface area contributed by atoms with E-state index in [9.17, 15) is 9.59 Å². The lowest BCUT2D eigenvalue weighted by atomic mass is 10.1. The molecule has 0 radical (unpaired) electrons. The van der Waals surface area contributed by atoms with Gasteiger partial charge in [-0.1, -0.05) is 42.5 Å². The maximum atomic E-state index is 13.0. The third-order valence-corrected chi connectivity index (χ3v) is 5.24. The Hall–Kier alpha value is -3.25. The number of nitrogens with one attached hydrogen (secondary N) is 1. The van der Waals surface area contributed by atoms with Crippen molar-refractivity contribution < 1.29 is 9.59 Å². The third kappa shape index (κ3) is 4.60. The lowest BCUT2D eigenvalue weighted by molar-refractivity contribution is -0.122. The Morgan fingerprint density at radius 2 is 1.69 bits per heavy atom. The molecule has 6 heteroatoms. The monoisotopic (exact) mass is 388 g/mol. The first-order valence-corrected chi connectivity index (χ1v) is 9.87. The number of benzene rings is 2. The average molecular weight is 388 g/mol. The first kappa shape index (κ1) is 19.1. The molecule has 0 atom stereocenters. The summed E-state index contributed by atoms with van der Waals surface area (Å²) in [6, 6.07) is 19.3. The summed E-state index contributed by atoms with van der Waals surface area (Å²) in [5.41, 5.74) is 2.59. The summed E-state index contributed by atoms with van der Waals surface area (Å²) in [5, 5.41) is 3.84. The number of nitrogens with zero attached hydrogens (tertiary/aromatic N) is 3. The van der Waals surface area contributed by atoms with Gasteiger partial charge in [0.2, 0.25) is 5.91 Å². The maximum absolute atomic E-state index is 13.0. The molecule has 1 aliphatic rings. The number of aromatic nitrogens is 1. The van der Waals surface area contributed by atoms with Crippen molar-refractivity contribution in [3.8, 4) is 0 Å². The lowest BCUT2D eigenvalue weighted by Gasteiger charge is -2.34. The molecule has 2 amide bonds. The molecular weight excluding hydrogens is 364 g/mol. The van der Waals surface area contributed by atoms with Crippen LogP contribution in [0.4, 0.5) is 0 Å². The van der Waals surface area contributed by atoms with E-state index in [0.717, 1.165) is 16.5 Å². The van der Waals surface area contributed by atoms with Gasteiger partial charge < -0.3 is 10.2 Å². The summed E-state index contributed by atoms with van der Waals surface area (Å²) in [7, 11) is 0. The van der Waals surface area contributed by atoms with Gasteiger partial charge in [0, 0.05) is 49.9 Å². The van der Waals surface area contributed by atoms with Gasteiger partial charge in [0.15, 0.2) is 0 Å². The Morgan fingerprint density at radius 3 is 2.48 bits per heavy atom. The van der Waals surface area contributed by atoms with Gasteiger partial charge in [-0.25, -0.2) is 0 Å². The van der Waals surface area contributed by atoms with Crippen molar-refractivity contribution in [2.45, 2.75) is 6.54 Å². The molecule has 1 saturated heterocycles. The van der Waals surface area contributed by atoms with Crippen LogP contribution in [0.3, 0.4) is 0 Å². The largest absolute Gasteiger partial charge is 0.351 e. The molecule has 0 unspecified atom stereocenters. The van der Waals surface area contributed by atoms with Crippen LogP contribution in [0.15, 0.2) is 66.9 Å². The van der Waals surface area contributed by atoms with E-state index in [4.69, 9.17) is 0 Å². The number of piperazine rings is 1. The minimum atomic E-state index is 0.00811. The first-order valence-electron chi connectivity index (χ1n) is 9.87. The molecule has 0 aliphatic carbocycles. The highest BCUT2D eigenvalue weighted by molar-refractivity contribution is 6.06. The van der Waals surface area contributed by atoms with Crippen LogP contribution in [0.2, 0.25) is 0 Å². The van der Waals surface area contributed by atoms with Crippen molar-refractivity contribution in [2.75, 3.05) is 32.7 Å². The zero-order chi connectivity index (χ0) is 20.1. The Labute approximate surface area is 170 Å². The fourth-order valence-electron chi connectivity index (χ4n) is 3.62. The molecule has 2 heterocycles. The highest BCUT2D eigenvalue weighted by Crippen LogP contribution is 2.19. The number of rotatable bonds is 5. The van der Waals surface area contributed by atoms with Crippen molar-refractivity contribution in [1.82, 2.24) is 20.1 Å². The van der Waals surface area contributed by atoms with Gasteiger partial charge in [-0.05, 0) is 23.8 Å². The molecule has 0 saturated carbocycles. The molecule has 6 nitrogen and oxygen atoms in total. The molecule has 0 spiro atoms. The van der Waals surface area contributed by atoms with E-state index >= 15 is 0 Å². The molecular formula is C23H24N4O2. The van der Waals surface area contributed by atoms with E-state index in [1.807, 2.05) is 65.6 Å². The molecule has 1 fully saturated rings. The zero-order valence-corrected chi connectivity index (χ0v) is 16.3. The number of carbonyl (C=O) groups is 2. The SMILES string of the molecule is O=C(CN1CCN(C(=O)c2cccc3ncccc23)CC1)NCc1ccccc1. The van der Waals surface area contributed by atoms with Crippen LogP contribution < -0.4 is 5.32 Å². The molecule has 4 rings (SSSR count). The smallest absolute Gasteiger partial charge is 0.254 e. The number of fused-ring (bicyclic) bond motifs is 1. The first-order chi connectivity index (χ1) is 14.2. The topological polar surface area (TPSA) is 65.5 Å². The molecule has 148 valence electrons. The Bertz CT molecular complexity index is 993. The molecule has 1 aromatic heterocycles. The Balaban J connectivity index is 1.30.